The average Bonchev–Trinajstić information content (AvgIpc) is 3.01. The summed E-state index contributed by atoms with van der Waals surface area (Å²) < 4.78 is 22.6. The summed E-state index contributed by atoms with van der Waals surface area (Å²) in [6.45, 7) is 9.78. The minimum Gasteiger partial charge on any atom is -0.355 e. The number of aliphatic imine (C=N–C) groups is 1. The fourth-order valence-corrected chi connectivity index (χ4v) is 3.90. The Morgan fingerprint density at radius 3 is 2.33 bits per heavy atom. The van der Waals surface area contributed by atoms with Gasteiger partial charge in [0.15, 0.2) is 5.96 Å². The molecule has 7 heteroatoms. The lowest BCUT2D eigenvalue weighted by Crippen LogP contribution is -2.49. The summed E-state index contributed by atoms with van der Waals surface area (Å²) in [5.74, 6) is 1.62. The van der Waals surface area contributed by atoms with Crippen LogP contribution in [-0.4, -0.2) is 70.1 Å². The van der Waals surface area contributed by atoms with Crippen LogP contribution in [0.4, 0.5) is 0 Å². The van der Waals surface area contributed by atoms with Crippen LogP contribution in [0.15, 0.2) is 4.99 Å². The van der Waals surface area contributed by atoms with Crippen LogP contribution < -0.4 is 10.6 Å². The molecule has 2 N–H and O–H groups in total. The summed E-state index contributed by atoms with van der Waals surface area (Å²) >= 11 is 0. The maximum atomic E-state index is 11.3. The highest BCUT2D eigenvalue weighted by atomic mass is 32.2. The van der Waals surface area contributed by atoms with Crippen LogP contribution >= 0.6 is 0 Å². The third kappa shape index (κ3) is 8.87. The van der Waals surface area contributed by atoms with Crippen LogP contribution in [-0.2, 0) is 9.84 Å². The van der Waals surface area contributed by atoms with Crippen LogP contribution in [0.2, 0.25) is 0 Å². The summed E-state index contributed by atoms with van der Waals surface area (Å²) in [5, 5.41) is 6.72. The number of nitrogens with one attached hydrogen (secondary N) is 2. The van der Waals surface area contributed by atoms with Crippen LogP contribution in [0.5, 0.6) is 0 Å². The van der Waals surface area contributed by atoms with Crippen molar-refractivity contribution >= 4 is 15.8 Å². The molecule has 6 nitrogen and oxygen atoms in total. The third-order valence-corrected chi connectivity index (χ3v) is 5.41. The van der Waals surface area contributed by atoms with Gasteiger partial charge in [-0.2, -0.15) is 0 Å². The standard InChI is InChI=1S/C17H36N4O2S/c1-14(2)12-16(21-9-6-7-10-21)13-19-17(18-4)20-15(3)8-11-24(5,22)23/h14-16H,6-13H2,1-5H3,(H2,18,19,20). The SMILES string of the molecule is CN=C(NCC(CC(C)C)N1CCCC1)NC(C)CCS(C)(=O)=O. The Morgan fingerprint density at radius 1 is 1.21 bits per heavy atom. The average molecular weight is 361 g/mol. The van der Waals surface area contributed by atoms with Crippen LogP contribution in [0, 0.1) is 5.92 Å². The molecule has 0 radical (unpaired) electrons. The van der Waals surface area contributed by atoms with Crippen LogP contribution in [0.1, 0.15) is 46.5 Å². The fourth-order valence-electron chi connectivity index (χ4n) is 3.12. The largest absolute Gasteiger partial charge is 0.355 e. The maximum absolute atomic E-state index is 11.3. The molecule has 0 aromatic carbocycles. The molecule has 0 bridgehead atoms. The molecule has 1 aliphatic rings. The fraction of sp³-hybridized carbons (Fsp3) is 0.941. The third-order valence-electron chi connectivity index (χ3n) is 4.43. The molecule has 0 aromatic heterocycles. The zero-order chi connectivity index (χ0) is 18.2. The van der Waals surface area contributed by atoms with E-state index >= 15 is 0 Å². The van der Waals surface area contributed by atoms with Crippen molar-refractivity contribution in [1.29, 1.82) is 0 Å². The molecule has 2 unspecified atom stereocenters. The molecule has 1 rings (SSSR count). The molecule has 0 amide bonds. The van der Waals surface area contributed by atoms with Crippen molar-refractivity contribution in [2.45, 2.75) is 58.5 Å². The highest BCUT2D eigenvalue weighted by molar-refractivity contribution is 7.90. The van der Waals surface area contributed by atoms with Crippen molar-refractivity contribution in [3.05, 3.63) is 0 Å². The number of nitrogens with zero attached hydrogens (tertiary/aromatic N) is 2. The van der Waals surface area contributed by atoms with Gasteiger partial charge < -0.3 is 10.6 Å². The molecule has 24 heavy (non-hydrogen) atoms. The second-order valence-corrected chi connectivity index (χ2v) is 9.70. The topological polar surface area (TPSA) is 73.8 Å². The lowest BCUT2D eigenvalue weighted by Gasteiger charge is -2.30. The summed E-state index contributed by atoms with van der Waals surface area (Å²) in [5.41, 5.74) is 0. The Bertz CT molecular complexity index is 485. The van der Waals surface area contributed by atoms with Gasteiger partial charge in [-0.05, 0) is 51.6 Å². The Labute approximate surface area is 148 Å². The normalized spacial score (nSPS) is 19.5. The van der Waals surface area contributed by atoms with Crippen molar-refractivity contribution in [2.75, 3.05) is 38.7 Å². The predicted molar refractivity (Wildman–Crippen MR) is 102 cm³/mol. The van der Waals surface area contributed by atoms with E-state index in [0.29, 0.717) is 18.4 Å². The van der Waals surface area contributed by atoms with Gasteiger partial charge in [-0.25, -0.2) is 8.42 Å². The summed E-state index contributed by atoms with van der Waals surface area (Å²) in [6.07, 6.45) is 5.63. The summed E-state index contributed by atoms with van der Waals surface area (Å²) in [6, 6.07) is 0.596. The first-order valence-electron chi connectivity index (χ1n) is 9.10. The number of hydrogen-bond donors (Lipinski definition) is 2. The first-order valence-corrected chi connectivity index (χ1v) is 11.2. The second kappa shape index (κ2) is 10.2. The smallest absolute Gasteiger partial charge is 0.191 e. The number of rotatable bonds is 9. The zero-order valence-corrected chi connectivity index (χ0v) is 16.8. The van der Waals surface area contributed by atoms with Gasteiger partial charge in [0.25, 0.3) is 0 Å². The van der Waals surface area contributed by atoms with E-state index in [0.717, 1.165) is 12.5 Å². The van der Waals surface area contributed by atoms with Gasteiger partial charge in [-0.1, -0.05) is 13.8 Å². The first kappa shape index (κ1) is 21.2. The highest BCUT2D eigenvalue weighted by Crippen LogP contribution is 2.17. The van der Waals surface area contributed by atoms with Crippen molar-refractivity contribution in [3.63, 3.8) is 0 Å². The number of hydrogen-bond acceptors (Lipinski definition) is 4. The summed E-state index contributed by atoms with van der Waals surface area (Å²) in [4.78, 5) is 6.85. The Balaban J connectivity index is 2.47. The van der Waals surface area contributed by atoms with Crippen molar-refractivity contribution in [3.8, 4) is 0 Å². The van der Waals surface area contributed by atoms with Gasteiger partial charge in [0, 0.05) is 31.9 Å². The number of sulfone groups is 1. The van der Waals surface area contributed by atoms with E-state index in [4.69, 9.17) is 0 Å². The van der Waals surface area contributed by atoms with E-state index in [1.807, 2.05) is 6.92 Å². The molecule has 0 aliphatic carbocycles. The van der Waals surface area contributed by atoms with Crippen molar-refractivity contribution < 1.29 is 8.42 Å². The van der Waals surface area contributed by atoms with Crippen LogP contribution in [0.25, 0.3) is 0 Å². The minimum atomic E-state index is -2.92. The first-order chi connectivity index (χ1) is 11.2. The molecular formula is C17H36N4O2S. The van der Waals surface area contributed by atoms with Gasteiger partial charge in [0.05, 0.1) is 5.75 Å². The maximum Gasteiger partial charge on any atom is 0.191 e. The lowest BCUT2D eigenvalue weighted by atomic mass is 10.0. The molecule has 1 fully saturated rings. The van der Waals surface area contributed by atoms with Gasteiger partial charge >= 0.3 is 0 Å². The number of guanidine groups is 1. The van der Waals surface area contributed by atoms with Gasteiger partial charge in [0.2, 0.25) is 0 Å². The van der Waals surface area contributed by atoms with E-state index in [1.54, 1.807) is 7.05 Å². The van der Waals surface area contributed by atoms with E-state index in [9.17, 15) is 8.42 Å². The van der Waals surface area contributed by atoms with Crippen molar-refractivity contribution in [1.82, 2.24) is 15.5 Å². The molecule has 0 saturated carbocycles. The zero-order valence-electron chi connectivity index (χ0n) is 16.0. The molecule has 0 spiro atoms. The Kier molecular flexibility index (Phi) is 9.05. The molecule has 1 saturated heterocycles. The molecule has 0 aromatic rings. The summed E-state index contributed by atoms with van der Waals surface area (Å²) in [7, 11) is -1.16. The number of likely N-dealkylation sites (tertiary alicyclic amines) is 1. The molecule has 2 atom stereocenters. The second-order valence-electron chi connectivity index (χ2n) is 7.44. The highest BCUT2D eigenvalue weighted by Gasteiger charge is 2.23. The monoisotopic (exact) mass is 360 g/mol. The van der Waals surface area contributed by atoms with E-state index in [1.165, 1.54) is 38.6 Å². The van der Waals surface area contributed by atoms with Gasteiger partial charge in [-0.3, -0.25) is 9.89 Å². The quantitative estimate of drug-likeness (QED) is 0.481. The predicted octanol–water partition coefficient (Wildman–Crippen LogP) is 1.49. The van der Waals surface area contributed by atoms with Gasteiger partial charge in [0.1, 0.15) is 9.84 Å². The molecular weight excluding hydrogens is 324 g/mol. The molecule has 142 valence electrons. The van der Waals surface area contributed by atoms with E-state index in [2.05, 4.69) is 34.4 Å². The van der Waals surface area contributed by atoms with Crippen LogP contribution in [0.3, 0.4) is 0 Å². The van der Waals surface area contributed by atoms with Gasteiger partial charge in [-0.15, -0.1) is 0 Å². The Morgan fingerprint density at radius 2 is 1.83 bits per heavy atom. The molecule has 1 aliphatic heterocycles. The minimum absolute atomic E-state index is 0.0706. The van der Waals surface area contributed by atoms with E-state index in [-0.39, 0.29) is 11.8 Å². The van der Waals surface area contributed by atoms with E-state index < -0.39 is 9.84 Å². The van der Waals surface area contributed by atoms with Crippen molar-refractivity contribution in [2.24, 2.45) is 10.9 Å². The Hall–Kier alpha value is -0.820. The molecule has 1 heterocycles. The lowest BCUT2D eigenvalue weighted by molar-refractivity contribution is 0.212.